The summed E-state index contributed by atoms with van der Waals surface area (Å²) in [6.07, 6.45) is 6.32. The molecule has 1 aliphatic rings. The summed E-state index contributed by atoms with van der Waals surface area (Å²) in [4.78, 5) is 13.6. The first kappa shape index (κ1) is 17.3. The monoisotopic (exact) mass is 314 g/mol. The highest BCUT2D eigenvalue weighted by Crippen LogP contribution is 2.29. The van der Waals surface area contributed by atoms with Crippen molar-refractivity contribution in [3.8, 4) is 0 Å². The van der Waals surface area contributed by atoms with Crippen LogP contribution in [0, 0.1) is 6.92 Å². The summed E-state index contributed by atoms with van der Waals surface area (Å²) in [6, 6.07) is 6.02. The van der Waals surface area contributed by atoms with Crippen molar-refractivity contribution in [2.75, 3.05) is 12.8 Å². The number of amides is 1. The van der Waals surface area contributed by atoms with Crippen LogP contribution in [0.1, 0.15) is 41.6 Å². The van der Waals surface area contributed by atoms with E-state index in [-0.39, 0.29) is 23.9 Å². The van der Waals surface area contributed by atoms with E-state index in [1.165, 1.54) is 0 Å². The number of aryl methyl sites for hydroxylation is 1. The third-order valence-electron chi connectivity index (χ3n) is 4.02. The Balaban J connectivity index is 0.00000200. The van der Waals surface area contributed by atoms with Crippen LogP contribution >= 0.6 is 24.2 Å². The van der Waals surface area contributed by atoms with Gasteiger partial charge in [-0.2, -0.15) is 0 Å². The molecule has 0 bridgehead atoms. The van der Waals surface area contributed by atoms with Crippen molar-refractivity contribution in [3.05, 3.63) is 29.3 Å². The van der Waals surface area contributed by atoms with Gasteiger partial charge in [0.2, 0.25) is 0 Å². The molecule has 3 N–H and O–H groups in total. The zero-order valence-corrected chi connectivity index (χ0v) is 13.7. The van der Waals surface area contributed by atoms with Gasteiger partial charge in [-0.1, -0.05) is 18.9 Å². The molecule has 1 fully saturated rings. The molecule has 1 saturated carbocycles. The van der Waals surface area contributed by atoms with Gasteiger partial charge in [0.05, 0.1) is 5.54 Å². The summed E-state index contributed by atoms with van der Waals surface area (Å²) in [5, 5.41) is 3.18. The molecular weight excluding hydrogens is 292 g/mol. The van der Waals surface area contributed by atoms with Crippen LogP contribution in [0.25, 0.3) is 0 Å². The van der Waals surface area contributed by atoms with Gasteiger partial charge in [0, 0.05) is 17.0 Å². The number of rotatable bonds is 4. The average Bonchev–Trinajstić information content (AvgIpc) is 2.88. The molecule has 5 heteroatoms. The van der Waals surface area contributed by atoms with Gasteiger partial charge in [0.25, 0.3) is 5.91 Å². The third kappa shape index (κ3) is 3.68. The Kier molecular flexibility index (Phi) is 6.37. The molecule has 0 heterocycles. The SMILES string of the molecule is CSc1ccc(C)c(C(=O)NC2(CN)CCCC2)c1.Cl. The van der Waals surface area contributed by atoms with Gasteiger partial charge in [-0.3, -0.25) is 4.79 Å². The van der Waals surface area contributed by atoms with Crippen LogP contribution in [0.15, 0.2) is 23.1 Å². The molecule has 1 aromatic rings. The molecule has 2 rings (SSSR count). The van der Waals surface area contributed by atoms with Gasteiger partial charge >= 0.3 is 0 Å². The number of nitrogens with one attached hydrogen (secondary N) is 1. The van der Waals surface area contributed by atoms with E-state index in [0.29, 0.717) is 6.54 Å². The van der Waals surface area contributed by atoms with E-state index < -0.39 is 0 Å². The summed E-state index contributed by atoms with van der Waals surface area (Å²) in [6.45, 7) is 2.50. The lowest BCUT2D eigenvalue weighted by molar-refractivity contribution is 0.0902. The molecule has 0 spiro atoms. The Morgan fingerprint density at radius 2 is 2.05 bits per heavy atom. The third-order valence-corrected chi connectivity index (χ3v) is 4.74. The fourth-order valence-electron chi connectivity index (χ4n) is 2.71. The van der Waals surface area contributed by atoms with Gasteiger partial charge in [0.1, 0.15) is 0 Å². The standard InChI is InChI=1S/C15H22N2OS.ClH/c1-11-5-6-12(19-2)9-13(11)14(18)17-15(10-16)7-3-4-8-15;/h5-6,9H,3-4,7-8,10,16H2,1-2H3,(H,17,18);1H. The summed E-state index contributed by atoms with van der Waals surface area (Å²) < 4.78 is 0. The predicted molar refractivity (Wildman–Crippen MR) is 87.9 cm³/mol. The number of hydrogen-bond donors (Lipinski definition) is 2. The maximum Gasteiger partial charge on any atom is 0.252 e. The maximum absolute atomic E-state index is 12.5. The van der Waals surface area contributed by atoms with Crippen LogP contribution in [-0.2, 0) is 0 Å². The number of thioether (sulfide) groups is 1. The first-order chi connectivity index (χ1) is 9.10. The molecule has 0 saturated heterocycles. The van der Waals surface area contributed by atoms with E-state index in [1.807, 2.05) is 31.4 Å². The molecule has 0 radical (unpaired) electrons. The van der Waals surface area contributed by atoms with Crippen LogP contribution in [0.2, 0.25) is 0 Å². The molecule has 1 aliphatic carbocycles. The van der Waals surface area contributed by atoms with Gasteiger partial charge in [-0.05, 0) is 43.7 Å². The highest BCUT2D eigenvalue weighted by atomic mass is 35.5. The molecule has 1 amide bonds. The summed E-state index contributed by atoms with van der Waals surface area (Å²) >= 11 is 1.65. The van der Waals surface area contributed by atoms with Crippen molar-refractivity contribution in [2.24, 2.45) is 5.73 Å². The zero-order valence-electron chi connectivity index (χ0n) is 12.1. The van der Waals surface area contributed by atoms with E-state index in [2.05, 4.69) is 5.32 Å². The smallest absolute Gasteiger partial charge is 0.252 e. The minimum absolute atomic E-state index is 0. The van der Waals surface area contributed by atoms with Crippen LogP contribution in [0.4, 0.5) is 0 Å². The summed E-state index contributed by atoms with van der Waals surface area (Å²) in [5.41, 5.74) is 7.47. The first-order valence-corrected chi connectivity index (χ1v) is 8.00. The quantitative estimate of drug-likeness (QED) is 0.839. The van der Waals surface area contributed by atoms with Crippen LogP contribution in [-0.4, -0.2) is 24.2 Å². The normalized spacial score (nSPS) is 16.6. The van der Waals surface area contributed by atoms with E-state index >= 15 is 0 Å². The Bertz CT molecular complexity index is 473. The van der Waals surface area contributed by atoms with E-state index in [0.717, 1.165) is 41.7 Å². The van der Waals surface area contributed by atoms with Crippen LogP contribution < -0.4 is 11.1 Å². The highest BCUT2D eigenvalue weighted by molar-refractivity contribution is 7.98. The van der Waals surface area contributed by atoms with Crippen molar-refractivity contribution in [1.29, 1.82) is 0 Å². The summed E-state index contributed by atoms with van der Waals surface area (Å²) in [7, 11) is 0. The fourth-order valence-corrected chi connectivity index (χ4v) is 3.15. The number of halogens is 1. The molecule has 112 valence electrons. The Morgan fingerprint density at radius 1 is 1.40 bits per heavy atom. The van der Waals surface area contributed by atoms with Crippen molar-refractivity contribution in [1.82, 2.24) is 5.32 Å². The fraction of sp³-hybridized carbons (Fsp3) is 0.533. The Hall–Kier alpha value is -0.710. The van der Waals surface area contributed by atoms with Crippen molar-refractivity contribution < 1.29 is 4.79 Å². The topological polar surface area (TPSA) is 55.1 Å². The molecule has 0 aromatic heterocycles. The van der Waals surface area contributed by atoms with E-state index in [4.69, 9.17) is 5.73 Å². The predicted octanol–water partition coefficient (Wildman–Crippen LogP) is 3.14. The van der Waals surface area contributed by atoms with Crippen molar-refractivity contribution in [2.45, 2.75) is 43.0 Å². The molecule has 0 atom stereocenters. The molecule has 0 unspecified atom stereocenters. The number of hydrogen-bond acceptors (Lipinski definition) is 3. The Labute approximate surface area is 131 Å². The minimum atomic E-state index is -0.182. The maximum atomic E-state index is 12.5. The zero-order chi connectivity index (χ0) is 13.9. The molecule has 3 nitrogen and oxygen atoms in total. The van der Waals surface area contributed by atoms with Gasteiger partial charge in [0.15, 0.2) is 0 Å². The minimum Gasteiger partial charge on any atom is -0.345 e. The molecule has 0 aliphatic heterocycles. The van der Waals surface area contributed by atoms with Gasteiger partial charge in [-0.15, -0.1) is 24.2 Å². The molecule has 1 aromatic carbocycles. The number of carbonyl (C=O) groups excluding carboxylic acids is 1. The van der Waals surface area contributed by atoms with Crippen molar-refractivity contribution >= 4 is 30.1 Å². The van der Waals surface area contributed by atoms with Gasteiger partial charge < -0.3 is 11.1 Å². The highest BCUT2D eigenvalue weighted by Gasteiger charge is 2.34. The number of benzene rings is 1. The first-order valence-electron chi connectivity index (χ1n) is 6.77. The summed E-state index contributed by atoms with van der Waals surface area (Å²) in [5.74, 6) is 0.0146. The van der Waals surface area contributed by atoms with Crippen LogP contribution in [0.3, 0.4) is 0 Å². The second kappa shape index (κ2) is 7.34. The second-order valence-electron chi connectivity index (χ2n) is 5.33. The Morgan fingerprint density at radius 3 is 2.60 bits per heavy atom. The largest absolute Gasteiger partial charge is 0.345 e. The number of nitrogens with two attached hydrogens (primary N) is 1. The van der Waals surface area contributed by atoms with Crippen molar-refractivity contribution in [3.63, 3.8) is 0 Å². The number of carbonyl (C=O) groups is 1. The molecule has 20 heavy (non-hydrogen) atoms. The average molecular weight is 315 g/mol. The van der Waals surface area contributed by atoms with Crippen LogP contribution in [0.5, 0.6) is 0 Å². The van der Waals surface area contributed by atoms with E-state index in [1.54, 1.807) is 11.8 Å². The molecular formula is C15H23ClN2OS. The van der Waals surface area contributed by atoms with E-state index in [9.17, 15) is 4.79 Å². The lowest BCUT2D eigenvalue weighted by Gasteiger charge is -2.29. The van der Waals surface area contributed by atoms with Gasteiger partial charge in [-0.25, -0.2) is 0 Å². The second-order valence-corrected chi connectivity index (χ2v) is 6.21. The lowest BCUT2D eigenvalue weighted by atomic mass is 9.96. The lowest BCUT2D eigenvalue weighted by Crippen LogP contribution is -2.51.